The average molecular weight is 206 g/mol. The van der Waals surface area contributed by atoms with Crippen LogP contribution in [-0.4, -0.2) is 24.5 Å². The van der Waals surface area contributed by atoms with Crippen molar-refractivity contribution >= 4 is 17.3 Å². The van der Waals surface area contributed by atoms with Gasteiger partial charge >= 0.3 is 0 Å². The maximum Gasteiger partial charge on any atom is 0.268 e. The molecule has 0 amide bonds. The molecular formula is C11H10O4. The molecule has 0 atom stereocenters. The van der Waals surface area contributed by atoms with Crippen molar-refractivity contribution in [3.05, 3.63) is 29.8 Å². The predicted molar refractivity (Wildman–Crippen MR) is 53.0 cm³/mol. The zero-order valence-corrected chi connectivity index (χ0v) is 8.44. The lowest BCUT2D eigenvalue weighted by atomic mass is 10.1. The fraction of sp³-hybridized carbons (Fsp3) is 0.182. The Bertz CT molecular complexity index is 403. The van der Waals surface area contributed by atoms with E-state index in [2.05, 4.69) is 0 Å². The summed E-state index contributed by atoms with van der Waals surface area (Å²) in [5.74, 6) is -1.96. The molecule has 1 aromatic carbocycles. The molecule has 0 radical (unpaired) electrons. The first-order chi connectivity index (χ1) is 7.06. The molecule has 0 bridgehead atoms. The SMILES string of the molecule is COc1ccc(C(=O)C(=O)C(C)=O)cc1. The summed E-state index contributed by atoms with van der Waals surface area (Å²) in [6.07, 6.45) is 0. The van der Waals surface area contributed by atoms with Crippen molar-refractivity contribution in [1.82, 2.24) is 0 Å². The van der Waals surface area contributed by atoms with E-state index in [4.69, 9.17) is 4.74 Å². The minimum absolute atomic E-state index is 0.191. The number of rotatable bonds is 4. The van der Waals surface area contributed by atoms with Gasteiger partial charge in [-0.2, -0.15) is 0 Å². The van der Waals surface area contributed by atoms with Gasteiger partial charge in [0.25, 0.3) is 5.78 Å². The van der Waals surface area contributed by atoms with Crippen LogP contribution in [0.15, 0.2) is 24.3 Å². The van der Waals surface area contributed by atoms with Crippen LogP contribution in [0.5, 0.6) is 5.75 Å². The van der Waals surface area contributed by atoms with Gasteiger partial charge in [0.1, 0.15) is 5.75 Å². The highest BCUT2D eigenvalue weighted by atomic mass is 16.5. The van der Waals surface area contributed by atoms with Crippen LogP contribution in [0.2, 0.25) is 0 Å². The highest BCUT2D eigenvalue weighted by molar-refractivity contribution is 6.66. The van der Waals surface area contributed by atoms with Gasteiger partial charge < -0.3 is 4.74 Å². The van der Waals surface area contributed by atoms with Crippen LogP contribution in [-0.2, 0) is 9.59 Å². The minimum Gasteiger partial charge on any atom is -0.497 e. The number of ether oxygens (including phenoxy) is 1. The summed E-state index contributed by atoms with van der Waals surface area (Å²) in [5.41, 5.74) is 0.191. The standard InChI is InChI=1S/C11H10O4/c1-7(12)10(13)11(14)8-3-5-9(15-2)6-4-8/h3-6H,1-2H3. The molecule has 0 saturated heterocycles. The molecule has 0 aliphatic rings. The summed E-state index contributed by atoms with van der Waals surface area (Å²) < 4.78 is 4.89. The molecule has 0 aromatic heterocycles. The van der Waals surface area contributed by atoms with Crippen LogP contribution >= 0.6 is 0 Å². The summed E-state index contributed by atoms with van der Waals surface area (Å²) in [4.78, 5) is 33.1. The topological polar surface area (TPSA) is 60.4 Å². The van der Waals surface area contributed by atoms with Crippen molar-refractivity contribution in [3.63, 3.8) is 0 Å². The second-order valence-corrected chi connectivity index (χ2v) is 2.94. The number of methoxy groups -OCH3 is 1. The van der Waals surface area contributed by atoms with Crippen molar-refractivity contribution in [2.75, 3.05) is 7.11 Å². The van der Waals surface area contributed by atoms with Gasteiger partial charge in [0.15, 0.2) is 0 Å². The normalized spacial score (nSPS) is 9.47. The first kappa shape index (κ1) is 11.1. The zero-order valence-electron chi connectivity index (χ0n) is 8.44. The lowest BCUT2D eigenvalue weighted by Crippen LogP contribution is -2.21. The maximum absolute atomic E-state index is 11.4. The van der Waals surface area contributed by atoms with Crippen LogP contribution in [0, 0.1) is 0 Å². The largest absolute Gasteiger partial charge is 0.497 e. The number of Topliss-reactive ketones (excluding diaryl/α,β-unsaturated/α-hetero) is 3. The van der Waals surface area contributed by atoms with Gasteiger partial charge in [-0.1, -0.05) is 0 Å². The first-order valence-electron chi connectivity index (χ1n) is 4.30. The van der Waals surface area contributed by atoms with Gasteiger partial charge in [-0.3, -0.25) is 14.4 Å². The third-order valence-corrected chi connectivity index (χ3v) is 1.88. The minimum atomic E-state index is -1.000. The number of hydrogen-bond donors (Lipinski definition) is 0. The van der Waals surface area contributed by atoms with E-state index in [1.165, 1.54) is 19.2 Å². The monoisotopic (exact) mass is 206 g/mol. The van der Waals surface area contributed by atoms with E-state index in [0.717, 1.165) is 6.92 Å². The molecule has 1 aromatic rings. The number of ketones is 3. The van der Waals surface area contributed by atoms with Crippen molar-refractivity contribution in [1.29, 1.82) is 0 Å². The van der Waals surface area contributed by atoms with E-state index in [1.54, 1.807) is 12.1 Å². The Morgan fingerprint density at radius 2 is 1.60 bits per heavy atom. The Kier molecular flexibility index (Phi) is 3.33. The van der Waals surface area contributed by atoms with Crippen LogP contribution in [0.3, 0.4) is 0 Å². The van der Waals surface area contributed by atoms with Crippen LogP contribution < -0.4 is 4.74 Å². The second-order valence-electron chi connectivity index (χ2n) is 2.94. The molecule has 0 heterocycles. The van der Waals surface area contributed by atoms with Crippen molar-refractivity contribution in [3.8, 4) is 5.75 Å². The Morgan fingerprint density at radius 1 is 1.07 bits per heavy atom. The molecule has 78 valence electrons. The molecule has 0 aliphatic heterocycles. The molecule has 0 N–H and O–H groups in total. The Labute approximate surface area is 86.9 Å². The predicted octanol–water partition coefficient (Wildman–Crippen LogP) is 1.04. The molecule has 0 spiro atoms. The van der Waals surface area contributed by atoms with E-state index in [1.807, 2.05) is 0 Å². The Balaban J connectivity index is 2.92. The smallest absolute Gasteiger partial charge is 0.268 e. The average Bonchev–Trinajstić information content (AvgIpc) is 2.27. The summed E-state index contributed by atoms with van der Waals surface area (Å²) in [6, 6.07) is 6.01. The van der Waals surface area contributed by atoms with Gasteiger partial charge in [-0.05, 0) is 24.3 Å². The van der Waals surface area contributed by atoms with Gasteiger partial charge in [-0.25, -0.2) is 0 Å². The number of hydrogen-bond acceptors (Lipinski definition) is 4. The summed E-state index contributed by atoms with van der Waals surface area (Å²) in [5, 5.41) is 0. The molecule has 0 aliphatic carbocycles. The van der Waals surface area contributed by atoms with Gasteiger partial charge in [-0.15, -0.1) is 0 Å². The molecule has 0 unspecified atom stereocenters. The van der Waals surface area contributed by atoms with Gasteiger partial charge in [0, 0.05) is 12.5 Å². The molecule has 0 fully saturated rings. The molecule has 4 heteroatoms. The summed E-state index contributed by atoms with van der Waals surface area (Å²) in [6.45, 7) is 1.07. The maximum atomic E-state index is 11.4. The van der Waals surface area contributed by atoms with E-state index in [-0.39, 0.29) is 5.56 Å². The van der Waals surface area contributed by atoms with E-state index in [9.17, 15) is 14.4 Å². The molecular weight excluding hydrogens is 196 g/mol. The highest BCUT2D eigenvalue weighted by Gasteiger charge is 2.20. The fourth-order valence-corrected chi connectivity index (χ4v) is 1.03. The molecule has 15 heavy (non-hydrogen) atoms. The lowest BCUT2D eigenvalue weighted by molar-refractivity contribution is -0.132. The highest BCUT2D eigenvalue weighted by Crippen LogP contribution is 2.11. The third-order valence-electron chi connectivity index (χ3n) is 1.88. The third kappa shape index (κ3) is 2.49. The number of carbonyl (C=O) groups excluding carboxylic acids is 3. The first-order valence-corrected chi connectivity index (χ1v) is 4.30. The van der Waals surface area contributed by atoms with Crippen molar-refractivity contribution < 1.29 is 19.1 Å². The van der Waals surface area contributed by atoms with E-state index < -0.39 is 17.3 Å². The second kappa shape index (κ2) is 4.50. The van der Waals surface area contributed by atoms with Gasteiger partial charge in [0.2, 0.25) is 11.6 Å². The summed E-state index contributed by atoms with van der Waals surface area (Å²) in [7, 11) is 1.50. The van der Waals surface area contributed by atoms with Crippen LogP contribution in [0.1, 0.15) is 17.3 Å². The Hall–Kier alpha value is -1.97. The van der Waals surface area contributed by atoms with Crippen LogP contribution in [0.4, 0.5) is 0 Å². The van der Waals surface area contributed by atoms with Crippen LogP contribution in [0.25, 0.3) is 0 Å². The molecule has 1 rings (SSSR count). The zero-order chi connectivity index (χ0) is 11.4. The van der Waals surface area contributed by atoms with Gasteiger partial charge in [0.05, 0.1) is 7.11 Å². The quantitative estimate of drug-likeness (QED) is 0.419. The Morgan fingerprint density at radius 3 is 2.00 bits per heavy atom. The molecule has 0 saturated carbocycles. The number of carbonyl (C=O) groups is 3. The summed E-state index contributed by atoms with van der Waals surface area (Å²) >= 11 is 0. The molecule has 4 nitrogen and oxygen atoms in total. The van der Waals surface area contributed by atoms with Crippen molar-refractivity contribution in [2.45, 2.75) is 6.92 Å². The van der Waals surface area contributed by atoms with E-state index >= 15 is 0 Å². The number of benzene rings is 1. The fourth-order valence-electron chi connectivity index (χ4n) is 1.03. The van der Waals surface area contributed by atoms with E-state index in [0.29, 0.717) is 5.75 Å². The lowest BCUT2D eigenvalue weighted by Gasteiger charge is -2.00. The van der Waals surface area contributed by atoms with Crippen molar-refractivity contribution in [2.24, 2.45) is 0 Å².